The van der Waals surface area contributed by atoms with Gasteiger partial charge in [-0.25, -0.2) is 0 Å². The second-order valence-electron chi connectivity index (χ2n) is 5.00. The molecule has 1 aliphatic rings. The minimum atomic E-state index is 0.513. The summed E-state index contributed by atoms with van der Waals surface area (Å²) in [6.45, 7) is 2.13. The first-order chi connectivity index (χ1) is 8.79. The summed E-state index contributed by atoms with van der Waals surface area (Å²) in [6, 6.07) is 8.32. The van der Waals surface area contributed by atoms with Crippen molar-refractivity contribution in [3.05, 3.63) is 53.0 Å². The molecule has 18 heavy (non-hydrogen) atoms. The van der Waals surface area contributed by atoms with Gasteiger partial charge in [-0.05, 0) is 48.4 Å². The van der Waals surface area contributed by atoms with Crippen LogP contribution in [0.15, 0.2) is 34.9 Å². The van der Waals surface area contributed by atoms with Crippen molar-refractivity contribution in [3.8, 4) is 5.75 Å². The molecule has 0 spiro atoms. The molecule has 1 unspecified atom stereocenters. The number of ether oxygens (including phenoxy) is 1. The van der Waals surface area contributed by atoms with E-state index in [2.05, 4.69) is 19.1 Å². The van der Waals surface area contributed by atoms with E-state index in [0.717, 1.165) is 24.4 Å². The number of fused-ring (bicyclic) bond motifs is 1. The fourth-order valence-electron chi connectivity index (χ4n) is 2.94. The first-order valence-electron chi connectivity index (χ1n) is 6.48. The number of aryl methyl sites for hydroxylation is 1. The number of methoxy groups -OCH3 is 1. The number of hydrogen-bond donors (Lipinski definition) is 0. The van der Waals surface area contributed by atoms with Crippen molar-refractivity contribution in [1.29, 1.82) is 0 Å². The van der Waals surface area contributed by atoms with Crippen LogP contribution in [0.3, 0.4) is 0 Å². The maximum atomic E-state index is 5.67. The van der Waals surface area contributed by atoms with Crippen molar-refractivity contribution in [2.45, 2.75) is 32.1 Å². The van der Waals surface area contributed by atoms with Gasteiger partial charge >= 0.3 is 0 Å². The Balaban J connectivity index is 1.92. The van der Waals surface area contributed by atoms with E-state index in [4.69, 9.17) is 9.15 Å². The van der Waals surface area contributed by atoms with E-state index in [1.165, 1.54) is 23.1 Å². The lowest BCUT2D eigenvalue weighted by Crippen LogP contribution is -2.12. The molecular formula is C16H18O2. The van der Waals surface area contributed by atoms with Crippen molar-refractivity contribution in [3.63, 3.8) is 0 Å². The summed E-state index contributed by atoms with van der Waals surface area (Å²) in [5, 5.41) is 0. The van der Waals surface area contributed by atoms with E-state index >= 15 is 0 Å². The molecule has 1 atom stereocenters. The monoisotopic (exact) mass is 242 g/mol. The third-order valence-corrected chi connectivity index (χ3v) is 3.94. The van der Waals surface area contributed by atoms with Crippen molar-refractivity contribution < 1.29 is 9.15 Å². The Bertz CT molecular complexity index is 554. The zero-order chi connectivity index (χ0) is 12.5. The molecule has 1 heterocycles. The van der Waals surface area contributed by atoms with Crippen molar-refractivity contribution >= 4 is 0 Å². The minimum absolute atomic E-state index is 0.513. The zero-order valence-electron chi connectivity index (χ0n) is 10.9. The highest BCUT2D eigenvalue weighted by atomic mass is 16.5. The molecule has 94 valence electrons. The van der Waals surface area contributed by atoms with Crippen LogP contribution in [0, 0.1) is 6.92 Å². The average molecular weight is 242 g/mol. The molecule has 2 heteroatoms. The zero-order valence-corrected chi connectivity index (χ0v) is 10.9. The van der Waals surface area contributed by atoms with E-state index in [0.29, 0.717) is 5.92 Å². The standard InChI is InChI=1S/C16H18O2/c1-11-10-18-16-9-12(7-8-13(11)16)14-5-3-4-6-15(14)17-2/h3-6,10,12H,7-9H2,1-2H3. The molecule has 0 saturated carbocycles. The molecule has 1 aliphatic carbocycles. The summed E-state index contributed by atoms with van der Waals surface area (Å²) in [4.78, 5) is 0. The predicted octanol–water partition coefficient (Wildman–Crippen LogP) is 3.87. The summed E-state index contributed by atoms with van der Waals surface area (Å²) in [7, 11) is 1.74. The van der Waals surface area contributed by atoms with Gasteiger partial charge in [0.05, 0.1) is 13.4 Å². The van der Waals surface area contributed by atoms with Gasteiger partial charge in [-0.2, -0.15) is 0 Å². The Morgan fingerprint density at radius 3 is 2.94 bits per heavy atom. The molecule has 0 aliphatic heterocycles. The number of para-hydroxylation sites is 1. The Hall–Kier alpha value is -1.70. The Labute approximate surface area is 108 Å². The minimum Gasteiger partial charge on any atom is -0.496 e. The number of benzene rings is 1. The molecule has 0 amide bonds. The van der Waals surface area contributed by atoms with Crippen molar-refractivity contribution in [2.24, 2.45) is 0 Å². The molecule has 0 bridgehead atoms. The highest BCUT2D eigenvalue weighted by Crippen LogP contribution is 2.38. The highest BCUT2D eigenvalue weighted by Gasteiger charge is 2.25. The first-order valence-corrected chi connectivity index (χ1v) is 6.48. The molecule has 0 fully saturated rings. The molecular weight excluding hydrogens is 224 g/mol. The van der Waals surface area contributed by atoms with E-state index in [-0.39, 0.29) is 0 Å². The maximum Gasteiger partial charge on any atom is 0.122 e. The van der Waals surface area contributed by atoms with E-state index in [1.807, 2.05) is 18.4 Å². The van der Waals surface area contributed by atoms with Crippen LogP contribution in [-0.2, 0) is 12.8 Å². The fourth-order valence-corrected chi connectivity index (χ4v) is 2.94. The van der Waals surface area contributed by atoms with E-state index in [1.54, 1.807) is 7.11 Å². The summed E-state index contributed by atoms with van der Waals surface area (Å²) < 4.78 is 11.1. The topological polar surface area (TPSA) is 22.4 Å². The molecule has 0 N–H and O–H groups in total. The maximum absolute atomic E-state index is 5.67. The van der Waals surface area contributed by atoms with E-state index < -0.39 is 0 Å². The predicted molar refractivity (Wildman–Crippen MR) is 71.2 cm³/mol. The lowest BCUT2D eigenvalue weighted by atomic mass is 9.82. The van der Waals surface area contributed by atoms with Crippen molar-refractivity contribution in [2.75, 3.05) is 7.11 Å². The Morgan fingerprint density at radius 2 is 2.11 bits per heavy atom. The number of furan rings is 1. The van der Waals surface area contributed by atoms with Crippen LogP contribution >= 0.6 is 0 Å². The van der Waals surface area contributed by atoms with Gasteiger partial charge in [0, 0.05) is 6.42 Å². The second-order valence-corrected chi connectivity index (χ2v) is 5.00. The van der Waals surface area contributed by atoms with Gasteiger partial charge in [-0.15, -0.1) is 0 Å². The quantitative estimate of drug-likeness (QED) is 0.797. The largest absolute Gasteiger partial charge is 0.496 e. The van der Waals surface area contributed by atoms with Crippen LogP contribution in [0.5, 0.6) is 5.75 Å². The number of hydrogen-bond acceptors (Lipinski definition) is 2. The fraction of sp³-hybridized carbons (Fsp3) is 0.375. The second kappa shape index (κ2) is 4.52. The Kier molecular flexibility index (Phi) is 2.86. The van der Waals surface area contributed by atoms with E-state index in [9.17, 15) is 0 Å². The molecule has 1 aromatic heterocycles. The van der Waals surface area contributed by atoms with Crippen LogP contribution in [-0.4, -0.2) is 7.11 Å². The SMILES string of the molecule is COc1ccccc1C1CCc2c(C)coc2C1. The van der Waals surface area contributed by atoms with Gasteiger partial charge in [0.2, 0.25) is 0 Å². The number of rotatable bonds is 2. The molecule has 2 nitrogen and oxygen atoms in total. The Morgan fingerprint density at radius 1 is 1.28 bits per heavy atom. The first kappa shape index (κ1) is 11.4. The van der Waals surface area contributed by atoms with Crippen LogP contribution in [0.2, 0.25) is 0 Å². The van der Waals surface area contributed by atoms with Gasteiger partial charge in [0.15, 0.2) is 0 Å². The lowest BCUT2D eigenvalue weighted by molar-refractivity contribution is 0.395. The smallest absolute Gasteiger partial charge is 0.122 e. The van der Waals surface area contributed by atoms with Gasteiger partial charge < -0.3 is 9.15 Å². The third-order valence-electron chi connectivity index (χ3n) is 3.94. The molecule has 2 aromatic rings. The summed E-state index contributed by atoms with van der Waals surface area (Å²) in [6.07, 6.45) is 5.16. The van der Waals surface area contributed by atoms with Gasteiger partial charge in [-0.3, -0.25) is 0 Å². The van der Waals surface area contributed by atoms with Gasteiger partial charge in [0.25, 0.3) is 0 Å². The molecule has 3 rings (SSSR count). The average Bonchev–Trinajstić information content (AvgIpc) is 2.80. The summed E-state index contributed by atoms with van der Waals surface area (Å²) >= 11 is 0. The van der Waals surface area contributed by atoms with Gasteiger partial charge in [0.1, 0.15) is 11.5 Å². The van der Waals surface area contributed by atoms with Gasteiger partial charge in [-0.1, -0.05) is 18.2 Å². The van der Waals surface area contributed by atoms with Crippen molar-refractivity contribution in [1.82, 2.24) is 0 Å². The lowest BCUT2D eigenvalue weighted by Gasteiger charge is -2.23. The summed E-state index contributed by atoms with van der Waals surface area (Å²) in [5.74, 6) is 2.67. The van der Waals surface area contributed by atoms with Crippen LogP contribution in [0.25, 0.3) is 0 Å². The van der Waals surface area contributed by atoms with Crippen LogP contribution in [0.1, 0.15) is 34.8 Å². The third kappa shape index (κ3) is 1.82. The van der Waals surface area contributed by atoms with Crippen LogP contribution < -0.4 is 4.74 Å². The highest BCUT2D eigenvalue weighted by molar-refractivity contribution is 5.39. The molecule has 1 aromatic carbocycles. The normalized spacial score (nSPS) is 18.4. The van der Waals surface area contributed by atoms with Crippen LogP contribution in [0.4, 0.5) is 0 Å². The molecule has 0 radical (unpaired) electrons. The molecule has 0 saturated heterocycles. The summed E-state index contributed by atoms with van der Waals surface area (Å²) in [5.41, 5.74) is 4.02.